The Morgan fingerprint density at radius 3 is 3.07 bits per heavy atom. The van der Waals surface area contributed by atoms with Gasteiger partial charge in [0.2, 0.25) is 14.3 Å². The molecule has 0 radical (unpaired) electrons. The minimum absolute atomic E-state index is 0.0908. The van der Waals surface area contributed by atoms with Crippen LogP contribution in [0.1, 0.15) is 32.6 Å². The van der Waals surface area contributed by atoms with E-state index < -0.39 is 8.37 Å². The van der Waals surface area contributed by atoms with Gasteiger partial charge in [-0.3, -0.25) is 4.79 Å². The van der Waals surface area contributed by atoms with Crippen LogP contribution in [0.5, 0.6) is 0 Å². The molecule has 78 valence electrons. The van der Waals surface area contributed by atoms with E-state index in [1.807, 2.05) is 0 Å². The van der Waals surface area contributed by atoms with Gasteiger partial charge in [-0.05, 0) is 6.42 Å². The zero-order valence-electron chi connectivity index (χ0n) is 7.97. The van der Waals surface area contributed by atoms with Crippen molar-refractivity contribution >= 4 is 31.3 Å². The SMILES string of the molecule is CCCCCC(=O)NP1N=PN=PN1. The molecule has 0 aromatic rings. The molecule has 0 aromatic heterocycles. The van der Waals surface area contributed by atoms with Crippen LogP contribution in [0.2, 0.25) is 0 Å². The fraction of sp³-hybridized carbons (Fsp3) is 0.833. The molecule has 2 N–H and O–H groups in total. The van der Waals surface area contributed by atoms with Gasteiger partial charge in [0, 0.05) is 6.42 Å². The molecule has 0 spiro atoms. The van der Waals surface area contributed by atoms with E-state index >= 15 is 0 Å². The van der Waals surface area contributed by atoms with Crippen molar-refractivity contribution in [1.82, 2.24) is 9.95 Å². The summed E-state index contributed by atoms with van der Waals surface area (Å²) >= 11 is 0. The molecule has 1 aliphatic heterocycles. The number of unbranched alkanes of at least 4 members (excludes halogenated alkanes) is 2. The first-order valence-electron chi connectivity index (χ1n) is 4.49. The topological polar surface area (TPSA) is 65.8 Å². The smallest absolute Gasteiger partial charge is 0.225 e. The second-order valence-electron chi connectivity index (χ2n) is 2.77. The molecule has 0 bridgehead atoms. The van der Waals surface area contributed by atoms with Crippen LogP contribution in [0.15, 0.2) is 9.03 Å². The maximum Gasteiger partial charge on any atom is 0.225 e. The molecule has 1 aliphatic rings. The van der Waals surface area contributed by atoms with Crippen LogP contribution in [0.3, 0.4) is 0 Å². The zero-order valence-corrected chi connectivity index (χ0v) is 10.7. The molecular formula is C6H13N4OP3. The molecule has 1 atom stereocenters. The second kappa shape index (κ2) is 7.36. The standard InChI is InChI=1S/C6H13N4OP3/c1-2-3-4-5-6(11)7-14-9-12-8-13-10-14/h2-5H2,1H3,(H,7,11)(H,8,9,10). The highest BCUT2D eigenvalue weighted by atomic mass is 31.2. The van der Waals surface area contributed by atoms with Gasteiger partial charge >= 0.3 is 0 Å². The van der Waals surface area contributed by atoms with E-state index in [-0.39, 0.29) is 5.91 Å². The summed E-state index contributed by atoms with van der Waals surface area (Å²) in [6.45, 7) is 2.12. The summed E-state index contributed by atoms with van der Waals surface area (Å²) in [6.07, 6.45) is 3.82. The first kappa shape index (κ1) is 12.1. The molecule has 0 saturated carbocycles. The number of nitrogens with one attached hydrogen (secondary N) is 2. The Kier molecular flexibility index (Phi) is 6.38. The highest BCUT2D eigenvalue weighted by molar-refractivity contribution is 7.66. The summed E-state index contributed by atoms with van der Waals surface area (Å²) in [6, 6.07) is 0. The second-order valence-corrected chi connectivity index (χ2v) is 6.23. The van der Waals surface area contributed by atoms with E-state index in [2.05, 4.69) is 25.9 Å². The Hall–Kier alpha value is 0.0600. The van der Waals surface area contributed by atoms with Crippen LogP contribution in [-0.4, -0.2) is 5.91 Å². The largest absolute Gasteiger partial charge is 0.304 e. The molecule has 1 unspecified atom stereocenters. The van der Waals surface area contributed by atoms with Gasteiger partial charge in [-0.15, -0.1) is 0 Å². The Labute approximate surface area is 88.2 Å². The van der Waals surface area contributed by atoms with Gasteiger partial charge in [-0.1, -0.05) is 19.8 Å². The zero-order chi connectivity index (χ0) is 10.2. The quantitative estimate of drug-likeness (QED) is 0.578. The van der Waals surface area contributed by atoms with Gasteiger partial charge in [-0.25, -0.2) is 0 Å². The van der Waals surface area contributed by atoms with E-state index in [1.54, 1.807) is 0 Å². The monoisotopic (exact) mass is 250 g/mol. The van der Waals surface area contributed by atoms with Crippen molar-refractivity contribution < 1.29 is 4.79 Å². The maximum atomic E-state index is 11.4. The lowest BCUT2D eigenvalue weighted by atomic mass is 10.2. The van der Waals surface area contributed by atoms with Crippen molar-refractivity contribution in [2.45, 2.75) is 32.6 Å². The number of carbonyl (C=O) groups is 1. The molecule has 0 fully saturated rings. The fourth-order valence-corrected chi connectivity index (χ4v) is 3.97. The van der Waals surface area contributed by atoms with Crippen LogP contribution in [0.25, 0.3) is 0 Å². The Morgan fingerprint density at radius 1 is 1.57 bits per heavy atom. The lowest BCUT2D eigenvalue weighted by Gasteiger charge is -2.12. The molecule has 14 heavy (non-hydrogen) atoms. The lowest BCUT2D eigenvalue weighted by molar-refractivity contribution is -0.119. The van der Waals surface area contributed by atoms with E-state index in [0.29, 0.717) is 6.42 Å². The lowest BCUT2D eigenvalue weighted by Crippen LogP contribution is -2.20. The van der Waals surface area contributed by atoms with Gasteiger partial charge in [-0.2, -0.15) is 13.9 Å². The van der Waals surface area contributed by atoms with Gasteiger partial charge in [0.25, 0.3) is 0 Å². The molecule has 1 heterocycles. The molecule has 0 saturated heterocycles. The van der Waals surface area contributed by atoms with Crippen LogP contribution in [-0.2, 0) is 4.79 Å². The van der Waals surface area contributed by atoms with Crippen LogP contribution in [0.4, 0.5) is 0 Å². The van der Waals surface area contributed by atoms with Gasteiger partial charge in [0.15, 0.2) is 8.52 Å². The van der Waals surface area contributed by atoms with Gasteiger partial charge < -0.3 is 5.09 Å². The highest BCUT2D eigenvalue weighted by Crippen LogP contribution is 2.39. The Morgan fingerprint density at radius 2 is 2.43 bits per heavy atom. The average molecular weight is 250 g/mol. The molecule has 8 heteroatoms. The highest BCUT2D eigenvalue weighted by Gasteiger charge is 2.11. The first-order valence-corrected chi connectivity index (χ1v) is 7.43. The van der Waals surface area contributed by atoms with Crippen molar-refractivity contribution in [2.24, 2.45) is 9.03 Å². The summed E-state index contributed by atoms with van der Waals surface area (Å²) in [7, 11) is 0.655. The molecular weight excluding hydrogens is 237 g/mol. The minimum atomic E-state index is -0.875. The fourth-order valence-electron chi connectivity index (χ4n) is 0.917. The first-order chi connectivity index (χ1) is 6.83. The summed E-state index contributed by atoms with van der Waals surface area (Å²) in [5.41, 5.74) is 0. The van der Waals surface area contributed by atoms with Gasteiger partial charge in [0.05, 0.1) is 0 Å². The van der Waals surface area contributed by atoms with Crippen molar-refractivity contribution in [3.8, 4) is 0 Å². The number of hydrogen-bond donors (Lipinski definition) is 2. The summed E-state index contributed by atoms with van der Waals surface area (Å²) < 4.78 is 8.06. The number of hydrogen-bond acceptors (Lipinski definition) is 4. The van der Waals surface area contributed by atoms with Gasteiger partial charge in [0.1, 0.15) is 8.52 Å². The van der Waals surface area contributed by atoms with Crippen molar-refractivity contribution in [3.63, 3.8) is 0 Å². The van der Waals surface area contributed by atoms with Crippen molar-refractivity contribution in [1.29, 1.82) is 0 Å². The van der Waals surface area contributed by atoms with E-state index in [1.165, 1.54) is 0 Å². The normalized spacial score (nSPS) is 21.9. The third-order valence-corrected chi connectivity index (χ3v) is 4.88. The maximum absolute atomic E-state index is 11.4. The predicted octanol–water partition coefficient (Wildman–Crippen LogP) is 3.60. The molecule has 1 amide bonds. The summed E-state index contributed by atoms with van der Waals surface area (Å²) in [5.74, 6) is 0.0908. The van der Waals surface area contributed by atoms with Crippen LogP contribution >= 0.6 is 25.4 Å². The van der Waals surface area contributed by atoms with E-state index in [4.69, 9.17) is 0 Å². The summed E-state index contributed by atoms with van der Waals surface area (Å²) in [5, 5.41) is 2.85. The molecule has 0 aromatic carbocycles. The summed E-state index contributed by atoms with van der Waals surface area (Å²) in [4.78, 5) is 14.4. The number of carbonyl (C=O) groups excluding carboxylic acids is 1. The Balaban J connectivity index is 2.13. The predicted molar refractivity (Wildman–Crippen MR) is 61.0 cm³/mol. The minimum Gasteiger partial charge on any atom is -0.304 e. The third-order valence-electron chi connectivity index (χ3n) is 1.59. The molecule has 1 rings (SSSR count). The third kappa shape index (κ3) is 5.07. The number of rotatable bonds is 5. The average Bonchev–Trinajstić information content (AvgIpc) is 2.20. The van der Waals surface area contributed by atoms with Crippen molar-refractivity contribution in [2.75, 3.05) is 0 Å². The Bertz CT molecular complexity index is 245. The van der Waals surface area contributed by atoms with E-state index in [9.17, 15) is 4.79 Å². The van der Waals surface area contributed by atoms with Crippen LogP contribution < -0.4 is 9.95 Å². The van der Waals surface area contributed by atoms with Crippen LogP contribution in [0, 0.1) is 0 Å². The number of amides is 1. The van der Waals surface area contributed by atoms with Crippen molar-refractivity contribution in [3.05, 3.63) is 0 Å². The van der Waals surface area contributed by atoms with E-state index in [0.717, 1.165) is 36.3 Å². The molecule has 0 aliphatic carbocycles. The molecule has 5 nitrogen and oxygen atoms in total. The number of nitrogens with zero attached hydrogens (tertiary/aromatic N) is 2.